The smallest absolute Gasteiger partial charge is 0.264 e. The zero-order valence-electron chi connectivity index (χ0n) is 27.3. The molecule has 252 valence electrons. The summed E-state index contributed by atoms with van der Waals surface area (Å²) in [5.41, 5.74) is 2.80. The largest absolute Gasteiger partial charge is 0.497 e. The Kier molecular flexibility index (Phi) is 11.8. The van der Waals surface area contributed by atoms with Crippen LogP contribution in [0, 0.1) is 6.92 Å². The average Bonchev–Trinajstić information content (AvgIpc) is 3.10. The summed E-state index contributed by atoms with van der Waals surface area (Å²) in [6, 6.07) is 28.8. The minimum absolute atomic E-state index is 0.0206. The first-order chi connectivity index (χ1) is 23.1. The maximum atomic E-state index is 14.7. The first-order valence-corrected chi connectivity index (χ1v) is 18.1. The molecule has 1 saturated carbocycles. The summed E-state index contributed by atoms with van der Waals surface area (Å²) >= 11 is 6.19. The third-order valence-electron chi connectivity index (χ3n) is 8.72. The Balaban J connectivity index is 1.57. The van der Waals surface area contributed by atoms with E-state index in [1.54, 1.807) is 48.5 Å². The van der Waals surface area contributed by atoms with Crippen LogP contribution in [0.15, 0.2) is 108 Å². The van der Waals surface area contributed by atoms with E-state index in [9.17, 15) is 18.0 Å². The normalized spacial score (nSPS) is 14.1. The third kappa shape index (κ3) is 8.96. The summed E-state index contributed by atoms with van der Waals surface area (Å²) < 4.78 is 35.1. The molecule has 0 aromatic heterocycles. The second kappa shape index (κ2) is 16.2. The number of rotatable bonds is 13. The molecule has 1 aliphatic carbocycles. The van der Waals surface area contributed by atoms with Crippen molar-refractivity contribution in [1.82, 2.24) is 10.2 Å². The Morgan fingerprint density at radius 1 is 0.875 bits per heavy atom. The predicted molar refractivity (Wildman–Crippen MR) is 190 cm³/mol. The zero-order chi connectivity index (χ0) is 34.1. The maximum absolute atomic E-state index is 14.7. The van der Waals surface area contributed by atoms with Gasteiger partial charge in [0.15, 0.2) is 0 Å². The molecule has 8 nitrogen and oxygen atoms in total. The number of amides is 2. The van der Waals surface area contributed by atoms with Gasteiger partial charge in [0, 0.05) is 30.1 Å². The fraction of sp³-hybridized carbons (Fsp3) is 0.316. The highest BCUT2D eigenvalue weighted by Gasteiger charge is 2.35. The van der Waals surface area contributed by atoms with Crippen LogP contribution in [-0.4, -0.2) is 50.9 Å². The molecule has 1 fully saturated rings. The van der Waals surface area contributed by atoms with Gasteiger partial charge in [-0.2, -0.15) is 0 Å². The molecule has 5 rings (SSSR count). The molecule has 10 heteroatoms. The summed E-state index contributed by atoms with van der Waals surface area (Å²) in [5.74, 6) is -0.346. The molecule has 1 aliphatic rings. The molecule has 0 saturated heterocycles. The second-order valence-corrected chi connectivity index (χ2v) is 14.5. The van der Waals surface area contributed by atoms with Crippen LogP contribution in [0.4, 0.5) is 5.69 Å². The SMILES string of the molecule is COc1cccc(N(CC(=O)N(Cc2ccc(Cl)cc2)[C@@H](Cc2ccccc2)C(=O)NC2CCCCC2)S(=O)(=O)c2ccc(C)cc2)c1. The third-order valence-corrected chi connectivity index (χ3v) is 10.8. The van der Waals surface area contributed by atoms with Gasteiger partial charge in [0.2, 0.25) is 11.8 Å². The summed E-state index contributed by atoms with van der Waals surface area (Å²) in [6.07, 6.45) is 5.22. The second-order valence-electron chi connectivity index (χ2n) is 12.2. The van der Waals surface area contributed by atoms with Crippen molar-refractivity contribution in [1.29, 1.82) is 0 Å². The highest BCUT2D eigenvalue weighted by atomic mass is 35.5. The van der Waals surface area contributed by atoms with Crippen LogP contribution in [0.3, 0.4) is 0 Å². The molecular weight excluding hydrogens is 646 g/mol. The molecule has 4 aromatic carbocycles. The molecular formula is C38H42ClN3O5S. The molecule has 0 aliphatic heterocycles. The van der Waals surface area contributed by atoms with E-state index < -0.39 is 28.5 Å². The van der Waals surface area contributed by atoms with Crippen LogP contribution in [0.1, 0.15) is 48.8 Å². The van der Waals surface area contributed by atoms with Gasteiger partial charge >= 0.3 is 0 Å². The van der Waals surface area contributed by atoms with Crippen molar-refractivity contribution in [2.75, 3.05) is 18.0 Å². The van der Waals surface area contributed by atoms with E-state index in [0.717, 1.165) is 53.1 Å². The van der Waals surface area contributed by atoms with Gasteiger partial charge in [-0.25, -0.2) is 8.42 Å². The van der Waals surface area contributed by atoms with Crippen molar-refractivity contribution in [3.63, 3.8) is 0 Å². The van der Waals surface area contributed by atoms with Gasteiger partial charge in [-0.1, -0.05) is 97.1 Å². The highest BCUT2D eigenvalue weighted by molar-refractivity contribution is 7.92. The van der Waals surface area contributed by atoms with Crippen molar-refractivity contribution in [2.24, 2.45) is 0 Å². The Labute approximate surface area is 288 Å². The fourth-order valence-electron chi connectivity index (χ4n) is 6.02. The number of halogens is 1. The van der Waals surface area contributed by atoms with Crippen molar-refractivity contribution in [3.8, 4) is 5.75 Å². The number of methoxy groups -OCH3 is 1. The standard InChI is InChI=1S/C38H42ClN3O5S/c1-28-16-22-35(23-17-28)48(45,46)42(33-14-9-15-34(25-33)47-2)27-37(43)41(26-30-18-20-31(39)21-19-30)36(24-29-10-5-3-6-11-29)38(44)40-32-12-7-4-8-13-32/h3,5-6,9-11,14-23,25,32,36H,4,7-8,12-13,24,26-27H2,1-2H3,(H,40,44)/t36-/m0/s1. The molecule has 0 bridgehead atoms. The van der Waals surface area contributed by atoms with Gasteiger partial charge in [0.05, 0.1) is 17.7 Å². The number of ether oxygens (including phenoxy) is 1. The number of anilines is 1. The van der Waals surface area contributed by atoms with Gasteiger partial charge in [-0.15, -0.1) is 0 Å². The lowest BCUT2D eigenvalue weighted by Gasteiger charge is -2.35. The lowest BCUT2D eigenvalue weighted by Crippen LogP contribution is -2.55. The van der Waals surface area contributed by atoms with Gasteiger partial charge in [-0.3, -0.25) is 13.9 Å². The summed E-state index contributed by atoms with van der Waals surface area (Å²) in [4.78, 5) is 30.5. The average molecular weight is 688 g/mol. The van der Waals surface area contributed by atoms with Gasteiger partial charge in [0.1, 0.15) is 18.3 Å². The molecule has 0 radical (unpaired) electrons. The highest BCUT2D eigenvalue weighted by Crippen LogP contribution is 2.28. The summed E-state index contributed by atoms with van der Waals surface area (Å²) in [7, 11) is -2.72. The lowest BCUT2D eigenvalue weighted by atomic mass is 9.94. The van der Waals surface area contributed by atoms with E-state index in [0.29, 0.717) is 10.8 Å². The first-order valence-electron chi connectivity index (χ1n) is 16.3. The Hall–Kier alpha value is -4.34. The monoisotopic (exact) mass is 687 g/mol. The van der Waals surface area contributed by atoms with Crippen molar-refractivity contribution < 1.29 is 22.7 Å². The van der Waals surface area contributed by atoms with Gasteiger partial charge in [-0.05, 0) is 67.3 Å². The van der Waals surface area contributed by atoms with E-state index in [1.807, 2.05) is 49.4 Å². The van der Waals surface area contributed by atoms with Crippen molar-refractivity contribution >= 4 is 39.1 Å². The molecule has 0 unspecified atom stereocenters. The van der Waals surface area contributed by atoms with Gasteiger partial charge in [0.25, 0.3) is 10.0 Å². The van der Waals surface area contributed by atoms with Crippen LogP contribution >= 0.6 is 11.6 Å². The molecule has 2 amide bonds. The van der Waals surface area contributed by atoms with Crippen LogP contribution in [0.25, 0.3) is 0 Å². The fourth-order valence-corrected chi connectivity index (χ4v) is 7.55. The van der Waals surface area contributed by atoms with Crippen LogP contribution in [0.5, 0.6) is 5.75 Å². The van der Waals surface area contributed by atoms with Crippen LogP contribution < -0.4 is 14.4 Å². The topological polar surface area (TPSA) is 96.0 Å². The van der Waals surface area contributed by atoms with Crippen LogP contribution in [0.2, 0.25) is 5.02 Å². The maximum Gasteiger partial charge on any atom is 0.264 e. The number of carbonyl (C=O) groups excluding carboxylic acids is 2. The quantitative estimate of drug-likeness (QED) is 0.164. The van der Waals surface area contributed by atoms with Gasteiger partial charge < -0.3 is 15.0 Å². The summed E-state index contributed by atoms with van der Waals surface area (Å²) in [5, 5.41) is 3.77. The number of hydrogen-bond acceptors (Lipinski definition) is 5. The van der Waals surface area contributed by atoms with E-state index in [1.165, 1.54) is 24.1 Å². The molecule has 48 heavy (non-hydrogen) atoms. The predicted octanol–water partition coefficient (Wildman–Crippen LogP) is 6.94. The van der Waals surface area contributed by atoms with Crippen molar-refractivity contribution in [3.05, 3.63) is 125 Å². The number of nitrogens with zero attached hydrogens (tertiary/aromatic N) is 2. The van der Waals surface area contributed by atoms with Crippen LogP contribution in [-0.2, 0) is 32.6 Å². The molecule has 1 N–H and O–H groups in total. The Morgan fingerprint density at radius 3 is 2.23 bits per heavy atom. The Morgan fingerprint density at radius 2 is 1.56 bits per heavy atom. The first kappa shape index (κ1) is 35.0. The molecule has 4 aromatic rings. The minimum Gasteiger partial charge on any atom is -0.497 e. The summed E-state index contributed by atoms with van der Waals surface area (Å²) in [6.45, 7) is 1.40. The Bertz CT molecular complexity index is 1780. The van der Waals surface area contributed by atoms with E-state index in [4.69, 9.17) is 16.3 Å². The number of aryl methyl sites for hydroxylation is 1. The van der Waals surface area contributed by atoms with E-state index in [2.05, 4.69) is 5.32 Å². The number of hydrogen-bond donors (Lipinski definition) is 1. The lowest BCUT2D eigenvalue weighted by molar-refractivity contribution is -0.140. The number of sulfonamides is 1. The zero-order valence-corrected chi connectivity index (χ0v) is 28.9. The number of nitrogens with one attached hydrogen (secondary N) is 1. The van der Waals surface area contributed by atoms with Crippen molar-refractivity contribution in [2.45, 2.75) is 69.0 Å². The van der Waals surface area contributed by atoms with E-state index in [-0.39, 0.29) is 35.5 Å². The van der Waals surface area contributed by atoms with E-state index >= 15 is 0 Å². The molecule has 0 spiro atoms. The number of carbonyl (C=O) groups is 2. The number of benzene rings is 4. The molecule has 0 heterocycles. The molecule has 1 atom stereocenters. The minimum atomic E-state index is -4.22.